The molecule has 1 aliphatic rings. The number of carbonyl (C=O) groups excluding carboxylic acids is 1. The van der Waals surface area contributed by atoms with Gasteiger partial charge < -0.3 is 15.4 Å². The molecule has 20 heavy (non-hydrogen) atoms. The van der Waals surface area contributed by atoms with E-state index in [1.807, 2.05) is 4.90 Å². The van der Waals surface area contributed by atoms with Gasteiger partial charge in [-0.15, -0.1) is 0 Å². The molecule has 1 fully saturated rings. The number of carbonyl (C=O) groups is 1. The zero-order valence-corrected chi connectivity index (χ0v) is 12.2. The molecule has 0 spiro atoms. The minimum absolute atomic E-state index is 0.0314. The van der Waals surface area contributed by atoms with Crippen LogP contribution in [0, 0.1) is 0 Å². The van der Waals surface area contributed by atoms with E-state index in [0.29, 0.717) is 17.9 Å². The van der Waals surface area contributed by atoms with Gasteiger partial charge in [0.25, 0.3) is 5.91 Å². The van der Waals surface area contributed by atoms with Crippen molar-refractivity contribution in [2.24, 2.45) is 7.05 Å². The molecule has 7 nitrogen and oxygen atoms in total. The van der Waals surface area contributed by atoms with Crippen LogP contribution >= 0.6 is 0 Å². The van der Waals surface area contributed by atoms with Gasteiger partial charge >= 0.3 is 0 Å². The summed E-state index contributed by atoms with van der Waals surface area (Å²) in [6, 6.07) is 0. The van der Waals surface area contributed by atoms with Crippen LogP contribution in [0.25, 0.3) is 0 Å². The highest BCUT2D eigenvalue weighted by molar-refractivity contribution is 5.97. The number of aromatic nitrogens is 2. The number of anilines is 1. The Morgan fingerprint density at radius 1 is 1.40 bits per heavy atom. The monoisotopic (exact) mass is 281 g/mol. The molecular weight excluding hydrogens is 258 g/mol. The molecule has 0 aromatic carbocycles. The normalized spacial score (nSPS) is 17.2. The first-order chi connectivity index (χ1) is 9.63. The molecule has 1 aromatic rings. The molecule has 1 aromatic heterocycles. The summed E-state index contributed by atoms with van der Waals surface area (Å²) < 4.78 is 6.65. The van der Waals surface area contributed by atoms with E-state index in [0.717, 1.165) is 39.2 Å². The predicted octanol–water partition coefficient (Wildman–Crippen LogP) is -0.203. The quantitative estimate of drug-likeness (QED) is 0.827. The first-order valence-electron chi connectivity index (χ1n) is 6.91. The summed E-state index contributed by atoms with van der Waals surface area (Å²) in [5.41, 5.74) is 6.75. The summed E-state index contributed by atoms with van der Waals surface area (Å²) in [6.45, 7) is 4.97. The van der Waals surface area contributed by atoms with Crippen molar-refractivity contribution in [3.63, 3.8) is 0 Å². The van der Waals surface area contributed by atoms with E-state index in [1.54, 1.807) is 18.8 Å². The average Bonchev–Trinajstić information content (AvgIpc) is 2.66. The van der Waals surface area contributed by atoms with Gasteiger partial charge in [-0.1, -0.05) is 0 Å². The number of hydrogen-bond acceptors (Lipinski definition) is 5. The molecule has 1 saturated heterocycles. The largest absolute Gasteiger partial charge is 0.396 e. The number of nitrogen functional groups attached to an aromatic ring is 1. The van der Waals surface area contributed by atoms with Crippen LogP contribution in [0.4, 0.5) is 5.69 Å². The summed E-state index contributed by atoms with van der Waals surface area (Å²) >= 11 is 0. The lowest BCUT2D eigenvalue weighted by atomic mass is 10.3. The van der Waals surface area contributed by atoms with Crippen LogP contribution in [0.1, 0.15) is 16.9 Å². The molecule has 2 N–H and O–H groups in total. The van der Waals surface area contributed by atoms with Crippen molar-refractivity contribution in [3.8, 4) is 0 Å². The van der Waals surface area contributed by atoms with Crippen molar-refractivity contribution in [1.29, 1.82) is 0 Å². The molecule has 0 aliphatic carbocycles. The van der Waals surface area contributed by atoms with E-state index in [1.165, 1.54) is 6.20 Å². The Balaban J connectivity index is 1.98. The van der Waals surface area contributed by atoms with E-state index in [4.69, 9.17) is 10.5 Å². The van der Waals surface area contributed by atoms with E-state index < -0.39 is 0 Å². The van der Waals surface area contributed by atoms with Crippen LogP contribution in [0.5, 0.6) is 0 Å². The lowest BCUT2D eigenvalue weighted by Gasteiger charge is -2.22. The van der Waals surface area contributed by atoms with Gasteiger partial charge in [-0.25, -0.2) is 0 Å². The third-order valence-electron chi connectivity index (χ3n) is 3.66. The van der Waals surface area contributed by atoms with Gasteiger partial charge in [-0.3, -0.25) is 14.4 Å². The zero-order valence-electron chi connectivity index (χ0n) is 12.2. The Morgan fingerprint density at radius 3 is 2.85 bits per heavy atom. The highest BCUT2D eigenvalue weighted by Crippen LogP contribution is 2.14. The maximum Gasteiger partial charge on any atom is 0.274 e. The van der Waals surface area contributed by atoms with Crippen molar-refractivity contribution < 1.29 is 9.53 Å². The lowest BCUT2D eigenvalue weighted by molar-refractivity contribution is 0.0749. The third-order valence-corrected chi connectivity index (χ3v) is 3.66. The molecule has 2 heterocycles. The first kappa shape index (κ1) is 14.8. The second-order valence-electron chi connectivity index (χ2n) is 5.05. The fraction of sp³-hybridized carbons (Fsp3) is 0.692. The highest BCUT2D eigenvalue weighted by Gasteiger charge is 2.24. The van der Waals surface area contributed by atoms with Crippen molar-refractivity contribution in [3.05, 3.63) is 11.9 Å². The highest BCUT2D eigenvalue weighted by atomic mass is 16.5. The second-order valence-corrected chi connectivity index (χ2v) is 5.05. The number of methoxy groups -OCH3 is 1. The number of ether oxygens (including phenoxy) is 1. The maximum absolute atomic E-state index is 12.5. The summed E-state index contributed by atoms with van der Waals surface area (Å²) in [5, 5.41) is 4.03. The Labute approximate surface area is 119 Å². The molecule has 1 amide bonds. The van der Waals surface area contributed by atoms with Gasteiger partial charge in [-0.2, -0.15) is 5.10 Å². The SMILES string of the molecule is COCCN1CCCN(C(=O)c2c(N)cnn2C)CC1. The first-order valence-corrected chi connectivity index (χ1v) is 6.91. The molecule has 0 saturated carbocycles. The van der Waals surface area contributed by atoms with Crippen molar-refractivity contribution in [1.82, 2.24) is 19.6 Å². The molecule has 0 radical (unpaired) electrons. The zero-order chi connectivity index (χ0) is 14.5. The topological polar surface area (TPSA) is 76.6 Å². The summed E-state index contributed by atoms with van der Waals surface area (Å²) in [4.78, 5) is 16.7. The van der Waals surface area contributed by atoms with E-state index >= 15 is 0 Å². The number of nitrogens with two attached hydrogens (primary N) is 1. The number of aryl methyl sites for hydroxylation is 1. The van der Waals surface area contributed by atoms with Crippen LogP contribution in [0.2, 0.25) is 0 Å². The van der Waals surface area contributed by atoms with Crippen molar-refractivity contribution in [2.45, 2.75) is 6.42 Å². The Bertz CT molecular complexity index is 440. The number of hydrogen-bond donors (Lipinski definition) is 1. The fourth-order valence-electron chi connectivity index (χ4n) is 2.48. The standard InChI is InChI=1S/C13H23N5O2/c1-16-12(11(14)10-15-16)13(19)18-5-3-4-17(6-7-18)8-9-20-2/h10H,3-9,14H2,1-2H3. The van der Waals surface area contributed by atoms with Gasteiger partial charge in [0.15, 0.2) is 0 Å². The number of nitrogens with zero attached hydrogens (tertiary/aromatic N) is 4. The summed E-state index contributed by atoms with van der Waals surface area (Å²) in [6.07, 6.45) is 2.49. The van der Waals surface area contributed by atoms with Crippen molar-refractivity contribution >= 4 is 11.6 Å². The smallest absolute Gasteiger partial charge is 0.274 e. The average molecular weight is 281 g/mol. The molecule has 0 bridgehead atoms. The van der Waals surface area contributed by atoms with Gasteiger partial charge in [0.1, 0.15) is 5.69 Å². The van der Waals surface area contributed by atoms with Crippen LogP contribution in [-0.4, -0.2) is 71.9 Å². The summed E-state index contributed by atoms with van der Waals surface area (Å²) in [5.74, 6) is -0.0314. The number of amides is 1. The van der Waals surface area contributed by atoms with E-state index in [-0.39, 0.29) is 5.91 Å². The van der Waals surface area contributed by atoms with E-state index in [9.17, 15) is 4.79 Å². The molecule has 7 heteroatoms. The van der Waals surface area contributed by atoms with Crippen LogP contribution in [0.3, 0.4) is 0 Å². The molecule has 1 aliphatic heterocycles. The van der Waals surface area contributed by atoms with Crippen molar-refractivity contribution in [2.75, 3.05) is 52.2 Å². The molecule has 0 atom stereocenters. The molecular formula is C13H23N5O2. The summed E-state index contributed by atoms with van der Waals surface area (Å²) in [7, 11) is 3.45. The van der Waals surface area contributed by atoms with Crippen LogP contribution < -0.4 is 5.73 Å². The van der Waals surface area contributed by atoms with Crippen LogP contribution in [-0.2, 0) is 11.8 Å². The van der Waals surface area contributed by atoms with Gasteiger partial charge in [0.2, 0.25) is 0 Å². The Morgan fingerprint density at radius 2 is 2.20 bits per heavy atom. The molecule has 0 unspecified atom stereocenters. The van der Waals surface area contributed by atoms with Gasteiger partial charge in [0.05, 0.1) is 18.5 Å². The maximum atomic E-state index is 12.5. The second kappa shape index (κ2) is 6.71. The fourth-order valence-corrected chi connectivity index (χ4v) is 2.48. The Kier molecular flexibility index (Phi) is 4.97. The Hall–Kier alpha value is -1.60. The lowest BCUT2D eigenvalue weighted by Crippen LogP contribution is -2.37. The minimum atomic E-state index is -0.0314. The molecule has 112 valence electrons. The number of rotatable bonds is 4. The minimum Gasteiger partial charge on any atom is -0.396 e. The third kappa shape index (κ3) is 3.29. The van der Waals surface area contributed by atoms with Gasteiger partial charge in [0, 0.05) is 40.3 Å². The molecule has 2 rings (SSSR count). The predicted molar refractivity (Wildman–Crippen MR) is 76.5 cm³/mol. The van der Waals surface area contributed by atoms with Crippen LogP contribution in [0.15, 0.2) is 6.20 Å². The van der Waals surface area contributed by atoms with E-state index in [2.05, 4.69) is 10.00 Å². The van der Waals surface area contributed by atoms with Gasteiger partial charge in [-0.05, 0) is 13.0 Å².